The average molecular weight is 492 g/mol. The summed E-state index contributed by atoms with van der Waals surface area (Å²) in [5.41, 5.74) is 3.36. The number of halogens is 2. The second-order valence-electron chi connectivity index (χ2n) is 7.07. The lowest BCUT2D eigenvalue weighted by molar-refractivity contribution is -0.139. The first kappa shape index (κ1) is 24.2. The number of amides is 1. The van der Waals surface area contributed by atoms with Gasteiger partial charge in [-0.25, -0.2) is 9.79 Å². The Morgan fingerprint density at radius 2 is 1.88 bits per heavy atom. The zero-order chi connectivity index (χ0) is 23.3. The van der Waals surface area contributed by atoms with Crippen LogP contribution in [0.2, 0.25) is 10.0 Å². The van der Waals surface area contributed by atoms with Gasteiger partial charge >= 0.3 is 5.97 Å². The first-order chi connectivity index (χ1) is 15.3. The molecule has 0 bridgehead atoms. The largest absolute Gasteiger partial charge is 0.463 e. The quantitative estimate of drug-likeness (QED) is 0.520. The number of nitrogens with one attached hydrogen (secondary N) is 2. The van der Waals surface area contributed by atoms with E-state index in [9.17, 15) is 9.59 Å². The molecule has 32 heavy (non-hydrogen) atoms. The first-order valence-corrected chi connectivity index (χ1v) is 11.7. The van der Waals surface area contributed by atoms with Crippen LogP contribution < -0.4 is 10.6 Å². The predicted octanol–water partition coefficient (Wildman–Crippen LogP) is 5.51. The van der Waals surface area contributed by atoms with Crippen molar-refractivity contribution in [3.05, 3.63) is 74.9 Å². The zero-order valence-electron chi connectivity index (χ0n) is 17.9. The number of carbonyl (C=O) groups excluding carboxylic acids is 2. The second kappa shape index (κ2) is 10.9. The van der Waals surface area contributed by atoms with E-state index in [4.69, 9.17) is 27.9 Å². The van der Waals surface area contributed by atoms with Crippen LogP contribution in [0.15, 0.2) is 58.7 Å². The highest BCUT2D eigenvalue weighted by Crippen LogP contribution is 2.39. The van der Waals surface area contributed by atoms with Gasteiger partial charge in [0.1, 0.15) is 6.04 Å². The van der Waals surface area contributed by atoms with Gasteiger partial charge in [0.15, 0.2) is 5.17 Å². The SMILES string of the molecule is CCOC(=O)C1=C(C)NC(SCC(=O)Nc2ccc(C)cc2)=N[C@H]1c1cccc(Cl)c1Cl. The van der Waals surface area contributed by atoms with Gasteiger partial charge in [-0.3, -0.25) is 4.79 Å². The second-order valence-corrected chi connectivity index (χ2v) is 8.82. The molecule has 2 aromatic carbocycles. The van der Waals surface area contributed by atoms with Crippen molar-refractivity contribution in [2.24, 2.45) is 4.99 Å². The topological polar surface area (TPSA) is 79.8 Å². The Labute approximate surface area is 201 Å². The Balaban J connectivity index is 1.81. The van der Waals surface area contributed by atoms with E-state index in [1.54, 1.807) is 32.0 Å². The summed E-state index contributed by atoms with van der Waals surface area (Å²) in [6.07, 6.45) is 0. The third kappa shape index (κ3) is 5.85. The maximum atomic E-state index is 12.7. The van der Waals surface area contributed by atoms with E-state index < -0.39 is 12.0 Å². The maximum Gasteiger partial charge on any atom is 0.338 e. The van der Waals surface area contributed by atoms with Crippen LogP contribution in [0.1, 0.15) is 31.0 Å². The summed E-state index contributed by atoms with van der Waals surface area (Å²) in [6, 6.07) is 12.1. The Hall–Kier alpha value is -2.48. The molecule has 3 rings (SSSR count). The van der Waals surface area contributed by atoms with Crippen LogP contribution in [0.25, 0.3) is 0 Å². The highest BCUT2D eigenvalue weighted by Gasteiger charge is 2.32. The molecule has 0 aromatic heterocycles. The number of hydrogen-bond acceptors (Lipinski definition) is 6. The fraction of sp³-hybridized carbons (Fsp3) is 0.261. The molecule has 2 aromatic rings. The van der Waals surface area contributed by atoms with Gasteiger partial charge in [-0.05, 0) is 39.0 Å². The van der Waals surface area contributed by atoms with Gasteiger partial charge in [-0.2, -0.15) is 0 Å². The van der Waals surface area contributed by atoms with Crippen molar-refractivity contribution in [2.45, 2.75) is 26.8 Å². The molecule has 6 nitrogen and oxygen atoms in total. The third-order valence-electron chi connectivity index (χ3n) is 4.66. The van der Waals surface area contributed by atoms with Crippen molar-refractivity contribution in [3.8, 4) is 0 Å². The molecular formula is C23H23Cl2N3O3S. The lowest BCUT2D eigenvalue weighted by Gasteiger charge is -2.26. The molecule has 1 heterocycles. The van der Waals surface area contributed by atoms with E-state index in [-0.39, 0.29) is 18.3 Å². The summed E-state index contributed by atoms with van der Waals surface area (Å²) in [5.74, 6) is -0.514. The molecule has 0 radical (unpaired) electrons. The van der Waals surface area contributed by atoms with E-state index in [0.29, 0.717) is 32.0 Å². The summed E-state index contributed by atoms with van der Waals surface area (Å²) in [5, 5.41) is 7.14. The Bertz CT molecular complexity index is 1080. The number of thioether (sulfide) groups is 1. The summed E-state index contributed by atoms with van der Waals surface area (Å²) in [4.78, 5) is 29.7. The molecular weight excluding hydrogens is 469 g/mol. The first-order valence-electron chi connectivity index (χ1n) is 9.96. The van der Waals surface area contributed by atoms with Crippen molar-refractivity contribution < 1.29 is 14.3 Å². The summed E-state index contributed by atoms with van der Waals surface area (Å²) >= 11 is 13.9. The molecule has 1 atom stereocenters. The average Bonchev–Trinajstić information content (AvgIpc) is 2.75. The van der Waals surface area contributed by atoms with E-state index in [0.717, 1.165) is 11.3 Å². The monoisotopic (exact) mass is 491 g/mol. The summed E-state index contributed by atoms with van der Waals surface area (Å²) in [7, 11) is 0. The van der Waals surface area contributed by atoms with Crippen LogP contribution in [-0.2, 0) is 14.3 Å². The van der Waals surface area contributed by atoms with Gasteiger partial charge in [0, 0.05) is 16.9 Å². The molecule has 0 saturated heterocycles. The van der Waals surface area contributed by atoms with Crippen LogP contribution in [0, 0.1) is 6.92 Å². The standard InChI is InChI=1S/C23H23Cl2N3O3S/c1-4-31-22(30)19-14(3)26-23(28-21(19)16-6-5-7-17(24)20(16)25)32-12-18(29)27-15-10-8-13(2)9-11-15/h5-11,21H,4,12H2,1-3H3,(H,26,28)(H,27,29)/t21-/m0/s1. The van der Waals surface area contributed by atoms with Crippen LogP contribution in [0.5, 0.6) is 0 Å². The fourth-order valence-corrected chi connectivity index (χ4v) is 4.27. The number of ether oxygens (including phenoxy) is 1. The molecule has 9 heteroatoms. The highest BCUT2D eigenvalue weighted by molar-refractivity contribution is 8.14. The molecule has 0 spiro atoms. The van der Waals surface area contributed by atoms with Gasteiger partial charge in [0.05, 0.1) is 28.0 Å². The van der Waals surface area contributed by atoms with Gasteiger partial charge < -0.3 is 15.4 Å². The Morgan fingerprint density at radius 3 is 2.56 bits per heavy atom. The van der Waals surface area contributed by atoms with Crippen LogP contribution in [0.3, 0.4) is 0 Å². The van der Waals surface area contributed by atoms with Crippen molar-refractivity contribution in [1.29, 1.82) is 0 Å². The van der Waals surface area contributed by atoms with Gasteiger partial charge in [0.25, 0.3) is 0 Å². The normalized spacial score (nSPS) is 15.7. The summed E-state index contributed by atoms with van der Waals surface area (Å²) in [6.45, 7) is 5.72. The van der Waals surface area contributed by atoms with E-state index in [2.05, 4.69) is 15.6 Å². The van der Waals surface area contributed by atoms with Gasteiger partial charge in [-0.15, -0.1) is 0 Å². The highest BCUT2D eigenvalue weighted by atomic mass is 35.5. The van der Waals surface area contributed by atoms with Crippen LogP contribution >= 0.6 is 35.0 Å². The minimum absolute atomic E-state index is 0.137. The molecule has 1 aliphatic heterocycles. The number of aryl methyl sites for hydroxylation is 1. The molecule has 2 N–H and O–H groups in total. The molecule has 1 aliphatic rings. The minimum Gasteiger partial charge on any atom is -0.463 e. The van der Waals surface area contributed by atoms with Crippen molar-refractivity contribution in [1.82, 2.24) is 5.32 Å². The Kier molecular flexibility index (Phi) is 8.23. The number of anilines is 1. The number of esters is 1. The number of hydrogen-bond donors (Lipinski definition) is 2. The van der Waals surface area contributed by atoms with Crippen molar-refractivity contribution >= 4 is 57.7 Å². The number of nitrogens with zero attached hydrogens (tertiary/aromatic N) is 1. The predicted molar refractivity (Wildman–Crippen MR) is 131 cm³/mol. The number of carbonyl (C=O) groups is 2. The number of aliphatic imine (C=N–C) groups is 1. The van der Waals surface area contributed by atoms with Gasteiger partial charge in [0.2, 0.25) is 5.91 Å². The third-order valence-corrected chi connectivity index (χ3v) is 6.39. The summed E-state index contributed by atoms with van der Waals surface area (Å²) < 4.78 is 5.23. The number of allylic oxidation sites excluding steroid dienone is 1. The van der Waals surface area contributed by atoms with Gasteiger partial charge in [-0.1, -0.05) is 64.8 Å². The molecule has 1 amide bonds. The molecule has 0 unspecified atom stereocenters. The maximum absolute atomic E-state index is 12.7. The lowest BCUT2D eigenvalue weighted by atomic mass is 9.96. The zero-order valence-corrected chi connectivity index (χ0v) is 20.2. The fourth-order valence-electron chi connectivity index (χ4n) is 3.12. The van der Waals surface area contributed by atoms with Crippen molar-refractivity contribution in [3.63, 3.8) is 0 Å². The van der Waals surface area contributed by atoms with Crippen LogP contribution in [0.4, 0.5) is 5.69 Å². The van der Waals surface area contributed by atoms with E-state index >= 15 is 0 Å². The van der Waals surface area contributed by atoms with E-state index in [1.807, 2.05) is 31.2 Å². The number of amidine groups is 1. The number of benzene rings is 2. The van der Waals surface area contributed by atoms with Crippen molar-refractivity contribution in [2.75, 3.05) is 17.7 Å². The van der Waals surface area contributed by atoms with Crippen LogP contribution in [-0.4, -0.2) is 29.4 Å². The molecule has 0 aliphatic carbocycles. The minimum atomic E-state index is -0.704. The Morgan fingerprint density at radius 1 is 1.16 bits per heavy atom. The molecule has 0 saturated carbocycles. The molecule has 0 fully saturated rings. The van der Waals surface area contributed by atoms with E-state index in [1.165, 1.54) is 11.8 Å². The molecule has 168 valence electrons. The lowest BCUT2D eigenvalue weighted by Crippen LogP contribution is -2.31. The smallest absolute Gasteiger partial charge is 0.338 e. The number of rotatable bonds is 6.